The Hall–Kier alpha value is -3.21. The second kappa shape index (κ2) is 6.91. The number of anilines is 1. The van der Waals surface area contributed by atoms with Crippen LogP contribution in [0.1, 0.15) is 33.3 Å². The van der Waals surface area contributed by atoms with Crippen LogP contribution in [0, 0.1) is 0 Å². The Kier molecular flexibility index (Phi) is 4.40. The molecule has 5 rings (SSSR count). The highest BCUT2D eigenvalue weighted by Crippen LogP contribution is 2.59. The van der Waals surface area contributed by atoms with Gasteiger partial charge in [-0.2, -0.15) is 0 Å². The molecule has 1 spiro atoms. The van der Waals surface area contributed by atoms with Crippen LogP contribution >= 0.6 is 0 Å². The van der Waals surface area contributed by atoms with Crippen molar-refractivity contribution in [1.29, 1.82) is 0 Å². The Morgan fingerprint density at radius 1 is 0.935 bits per heavy atom. The molecule has 5 heteroatoms. The van der Waals surface area contributed by atoms with Gasteiger partial charge in [-0.1, -0.05) is 30.3 Å². The lowest BCUT2D eigenvalue weighted by atomic mass is 9.77. The molecular weight excluding hydrogens is 388 g/mol. The van der Waals surface area contributed by atoms with Crippen molar-refractivity contribution in [2.75, 3.05) is 25.2 Å². The Balaban J connectivity index is 1.71. The first-order chi connectivity index (χ1) is 14.9. The molecule has 1 atom stereocenters. The van der Waals surface area contributed by atoms with Gasteiger partial charge in [0.1, 0.15) is 22.9 Å². The molecule has 160 valence electrons. The van der Waals surface area contributed by atoms with Crippen molar-refractivity contribution < 1.29 is 14.2 Å². The van der Waals surface area contributed by atoms with Gasteiger partial charge in [0.25, 0.3) is 0 Å². The summed E-state index contributed by atoms with van der Waals surface area (Å²) in [7, 11) is 2.05. The van der Waals surface area contributed by atoms with E-state index in [1.54, 1.807) is 0 Å². The van der Waals surface area contributed by atoms with E-state index in [1.165, 1.54) is 0 Å². The third-order valence-corrected chi connectivity index (χ3v) is 6.55. The van der Waals surface area contributed by atoms with E-state index in [1.807, 2.05) is 57.4 Å². The first-order valence-electron chi connectivity index (χ1n) is 10.9. The molecule has 0 saturated carbocycles. The van der Waals surface area contributed by atoms with Crippen molar-refractivity contribution >= 4 is 28.4 Å². The first kappa shape index (κ1) is 19.7. The van der Waals surface area contributed by atoms with Gasteiger partial charge in [0, 0.05) is 18.0 Å². The third-order valence-electron chi connectivity index (χ3n) is 6.55. The van der Waals surface area contributed by atoms with Crippen molar-refractivity contribution in [3.63, 3.8) is 0 Å². The number of hydrogen-bond acceptors (Lipinski definition) is 5. The van der Waals surface area contributed by atoms with E-state index in [4.69, 9.17) is 19.2 Å². The Labute approximate surface area is 183 Å². The van der Waals surface area contributed by atoms with Crippen LogP contribution in [0.15, 0.2) is 53.5 Å². The quantitative estimate of drug-likeness (QED) is 0.535. The average Bonchev–Trinajstić information content (AvgIpc) is 2.94. The molecule has 0 radical (unpaired) electrons. The van der Waals surface area contributed by atoms with Crippen molar-refractivity contribution in [3.05, 3.63) is 54.1 Å². The van der Waals surface area contributed by atoms with Gasteiger partial charge in [0.2, 0.25) is 5.72 Å². The highest BCUT2D eigenvalue weighted by atomic mass is 16.5. The second-order valence-electron chi connectivity index (χ2n) is 8.53. The molecule has 0 aromatic heterocycles. The summed E-state index contributed by atoms with van der Waals surface area (Å²) in [6, 6.07) is 16.4. The largest absolute Gasteiger partial charge is 0.493 e. The zero-order valence-corrected chi connectivity index (χ0v) is 18.7. The predicted octanol–water partition coefficient (Wildman–Crippen LogP) is 5.86. The number of hydrogen-bond donors (Lipinski definition) is 0. The lowest BCUT2D eigenvalue weighted by Gasteiger charge is -2.45. The van der Waals surface area contributed by atoms with Gasteiger partial charge in [-0.15, -0.1) is 0 Å². The zero-order chi connectivity index (χ0) is 21.8. The SMILES string of the molecule is CCOc1ccc(OCC)c2c1N(C)C1(C=Nc3c(ccc4ccccc34)O1)C2(C)C. The maximum absolute atomic E-state index is 6.83. The van der Waals surface area contributed by atoms with Crippen LogP contribution in [0.4, 0.5) is 11.4 Å². The van der Waals surface area contributed by atoms with E-state index in [9.17, 15) is 0 Å². The van der Waals surface area contributed by atoms with Crippen LogP contribution in [0.2, 0.25) is 0 Å². The Bertz CT molecular complexity index is 1200. The fraction of sp³-hybridized carbons (Fsp3) is 0.346. The molecule has 3 aromatic carbocycles. The molecule has 5 nitrogen and oxygen atoms in total. The maximum Gasteiger partial charge on any atom is 0.228 e. The topological polar surface area (TPSA) is 43.3 Å². The Morgan fingerprint density at radius 3 is 2.42 bits per heavy atom. The fourth-order valence-corrected chi connectivity index (χ4v) is 5.04. The molecular formula is C26H28N2O3. The standard InChI is InChI=1S/C26H28N2O3/c1-6-29-19-14-15-21(30-7-2)24-22(19)25(3,4)26(28(24)5)16-27-23-18-11-9-8-10-17(18)12-13-20(23)31-26/h8-16H,6-7H2,1-5H3. The summed E-state index contributed by atoms with van der Waals surface area (Å²) in [5.74, 6) is 2.47. The number of rotatable bonds is 4. The third kappa shape index (κ3) is 2.59. The molecule has 31 heavy (non-hydrogen) atoms. The number of likely N-dealkylation sites (N-methyl/N-ethyl adjacent to an activating group) is 1. The summed E-state index contributed by atoms with van der Waals surface area (Å²) >= 11 is 0. The summed E-state index contributed by atoms with van der Waals surface area (Å²) in [6.07, 6.45) is 1.95. The minimum atomic E-state index is -0.802. The van der Waals surface area contributed by atoms with E-state index in [0.29, 0.717) is 13.2 Å². The average molecular weight is 417 g/mol. The summed E-state index contributed by atoms with van der Waals surface area (Å²) in [6.45, 7) is 9.56. The van der Waals surface area contributed by atoms with Crippen LogP contribution in [0.5, 0.6) is 17.2 Å². The van der Waals surface area contributed by atoms with Crippen LogP contribution < -0.4 is 19.1 Å². The lowest BCUT2D eigenvalue weighted by Crippen LogP contribution is -2.61. The van der Waals surface area contributed by atoms with Gasteiger partial charge in [-0.05, 0) is 51.3 Å². The van der Waals surface area contributed by atoms with Crippen molar-refractivity contribution in [1.82, 2.24) is 0 Å². The molecule has 0 N–H and O–H groups in total. The highest BCUT2D eigenvalue weighted by molar-refractivity contribution is 6.00. The van der Waals surface area contributed by atoms with Gasteiger partial charge in [0.05, 0.1) is 30.5 Å². The Morgan fingerprint density at radius 2 is 1.65 bits per heavy atom. The van der Waals surface area contributed by atoms with Gasteiger partial charge < -0.3 is 19.1 Å². The fourth-order valence-electron chi connectivity index (χ4n) is 5.04. The van der Waals surface area contributed by atoms with Crippen molar-refractivity contribution in [3.8, 4) is 17.2 Å². The predicted molar refractivity (Wildman–Crippen MR) is 126 cm³/mol. The number of ether oxygens (including phenoxy) is 3. The zero-order valence-electron chi connectivity index (χ0n) is 18.7. The van der Waals surface area contributed by atoms with Gasteiger partial charge in [0.15, 0.2) is 0 Å². The van der Waals surface area contributed by atoms with Crippen molar-refractivity contribution in [2.24, 2.45) is 4.99 Å². The van der Waals surface area contributed by atoms with Gasteiger partial charge in [-0.25, -0.2) is 0 Å². The van der Waals surface area contributed by atoms with E-state index in [-0.39, 0.29) is 0 Å². The van der Waals surface area contributed by atoms with E-state index in [2.05, 4.69) is 36.9 Å². The van der Waals surface area contributed by atoms with Gasteiger partial charge in [-0.3, -0.25) is 4.99 Å². The van der Waals surface area contributed by atoms with Crippen molar-refractivity contribution in [2.45, 2.75) is 38.8 Å². The van der Waals surface area contributed by atoms with Crippen LogP contribution in [-0.2, 0) is 5.41 Å². The molecule has 0 saturated heterocycles. The van der Waals surface area contributed by atoms with Crippen LogP contribution in [-0.4, -0.2) is 32.2 Å². The number of nitrogens with zero attached hydrogens (tertiary/aromatic N) is 2. The van der Waals surface area contributed by atoms with Gasteiger partial charge >= 0.3 is 0 Å². The highest BCUT2D eigenvalue weighted by Gasteiger charge is 2.61. The normalized spacial score (nSPS) is 20.5. The summed E-state index contributed by atoms with van der Waals surface area (Å²) in [5, 5.41) is 2.24. The number of benzene rings is 3. The number of aliphatic imine (C=N–C) groups is 1. The molecule has 0 aliphatic carbocycles. The van der Waals surface area contributed by atoms with Crippen LogP contribution in [0.25, 0.3) is 10.8 Å². The first-order valence-corrected chi connectivity index (χ1v) is 10.9. The van der Waals surface area contributed by atoms with E-state index < -0.39 is 11.1 Å². The maximum atomic E-state index is 6.83. The molecule has 2 aliphatic rings. The molecule has 0 amide bonds. The molecule has 2 aliphatic heterocycles. The monoisotopic (exact) mass is 416 g/mol. The minimum absolute atomic E-state index is 0.443. The smallest absolute Gasteiger partial charge is 0.228 e. The summed E-state index contributed by atoms with van der Waals surface area (Å²) in [5.41, 5.74) is 1.71. The molecule has 1 unspecified atom stereocenters. The lowest BCUT2D eigenvalue weighted by molar-refractivity contribution is 0.0812. The van der Waals surface area contributed by atoms with Crippen LogP contribution in [0.3, 0.4) is 0 Å². The van der Waals surface area contributed by atoms with E-state index >= 15 is 0 Å². The van der Waals surface area contributed by atoms with E-state index in [0.717, 1.165) is 45.0 Å². The molecule has 0 fully saturated rings. The summed E-state index contributed by atoms with van der Waals surface area (Å²) in [4.78, 5) is 7.11. The molecule has 2 heterocycles. The molecule has 3 aromatic rings. The number of fused-ring (bicyclic) bond motifs is 4. The molecule has 0 bridgehead atoms. The minimum Gasteiger partial charge on any atom is -0.493 e. The second-order valence-corrected chi connectivity index (χ2v) is 8.53. The summed E-state index contributed by atoms with van der Waals surface area (Å²) < 4.78 is 18.9.